The molecule has 0 fully saturated rings. The summed E-state index contributed by atoms with van der Waals surface area (Å²) in [5, 5.41) is 8.64. The van der Waals surface area contributed by atoms with Crippen LogP contribution < -0.4 is 0 Å². The number of hydrogen-bond acceptors (Lipinski definition) is 2. The SMILES string of the molecule is Fc1ccc(Cn2nnc(-c3ccccc3)c2C#Cc2ccccc2)cc1. The summed E-state index contributed by atoms with van der Waals surface area (Å²) in [5.74, 6) is 6.15. The summed E-state index contributed by atoms with van der Waals surface area (Å²) in [5.41, 5.74) is 4.28. The van der Waals surface area contributed by atoms with Crippen molar-refractivity contribution in [1.82, 2.24) is 15.0 Å². The molecule has 0 N–H and O–H groups in total. The van der Waals surface area contributed by atoms with Crippen molar-refractivity contribution in [3.63, 3.8) is 0 Å². The fourth-order valence-electron chi connectivity index (χ4n) is 2.75. The van der Waals surface area contributed by atoms with Gasteiger partial charge in [-0.2, -0.15) is 0 Å². The Hall–Kier alpha value is -3.71. The smallest absolute Gasteiger partial charge is 0.140 e. The largest absolute Gasteiger partial charge is 0.232 e. The fourth-order valence-corrected chi connectivity index (χ4v) is 2.75. The lowest BCUT2D eigenvalue weighted by Crippen LogP contribution is -2.05. The maximum atomic E-state index is 13.2. The quantitative estimate of drug-likeness (QED) is 0.507. The number of rotatable bonds is 3. The zero-order chi connectivity index (χ0) is 18.5. The van der Waals surface area contributed by atoms with Gasteiger partial charge in [-0.05, 0) is 35.7 Å². The van der Waals surface area contributed by atoms with Gasteiger partial charge in [-0.3, -0.25) is 0 Å². The predicted octanol–water partition coefficient (Wildman–Crippen LogP) is 4.53. The van der Waals surface area contributed by atoms with Gasteiger partial charge in [-0.15, -0.1) is 5.10 Å². The minimum atomic E-state index is -0.258. The third kappa shape index (κ3) is 3.94. The molecule has 4 aromatic rings. The first-order chi connectivity index (χ1) is 13.3. The first-order valence-electron chi connectivity index (χ1n) is 8.60. The normalized spacial score (nSPS) is 10.3. The lowest BCUT2D eigenvalue weighted by Gasteiger charge is -2.04. The number of aromatic nitrogens is 3. The molecule has 0 spiro atoms. The summed E-state index contributed by atoms with van der Waals surface area (Å²) in [6.45, 7) is 0.471. The molecule has 0 aliphatic rings. The monoisotopic (exact) mass is 353 g/mol. The molecule has 3 aromatic carbocycles. The average molecular weight is 353 g/mol. The van der Waals surface area contributed by atoms with E-state index in [4.69, 9.17) is 0 Å². The van der Waals surface area contributed by atoms with E-state index in [2.05, 4.69) is 22.2 Å². The van der Waals surface area contributed by atoms with Crippen LogP contribution in [0.1, 0.15) is 16.8 Å². The lowest BCUT2D eigenvalue weighted by molar-refractivity contribution is 0.620. The molecule has 3 nitrogen and oxygen atoms in total. The van der Waals surface area contributed by atoms with Crippen molar-refractivity contribution in [2.75, 3.05) is 0 Å². The van der Waals surface area contributed by atoms with Gasteiger partial charge in [-0.1, -0.05) is 71.8 Å². The van der Waals surface area contributed by atoms with Crippen LogP contribution in [0.25, 0.3) is 11.3 Å². The van der Waals surface area contributed by atoms with Gasteiger partial charge in [0.1, 0.15) is 17.2 Å². The van der Waals surface area contributed by atoms with Crippen molar-refractivity contribution in [2.45, 2.75) is 6.54 Å². The van der Waals surface area contributed by atoms with Crippen molar-refractivity contribution in [2.24, 2.45) is 0 Å². The standard InChI is InChI=1S/C23H16FN3/c24-21-14-11-19(12-15-21)17-27-22(16-13-18-7-3-1-4-8-18)23(25-26-27)20-9-5-2-6-10-20/h1-12,14-15H,17H2. The maximum absolute atomic E-state index is 13.2. The van der Waals surface area contributed by atoms with Gasteiger partial charge in [0.15, 0.2) is 0 Å². The Bertz CT molecular complexity index is 1090. The molecular formula is C23H16FN3. The van der Waals surface area contributed by atoms with Crippen molar-refractivity contribution >= 4 is 0 Å². The first kappa shape index (κ1) is 16.7. The second kappa shape index (κ2) is 7.67. The summed E-state index contributed by atoms with van der Waals surface area (Å²) < 4.78 is 14.9. The van der Waals surface area contributed by atoms with E-state index in [-0.39, 0.29) is 5.82 Å². The van der Waals surface area contributed by atoms with Crippen LogP contribution in [0.4, 0.5) is 4.39 Å². The molecule has 0 radical (unpaired) electrons. The second-order valence-corrected chi connectivity index (χ2v) is 6.05. The van der Waals surface area contributed by atoms with Gasteiger partial charge in [0.2, 0.25) is 0 Å². The summed E-state index contributed by atoms with van der Waals surface area (Å²) in [4.78, 5) is 0. The first-order valence-corrected chi connectivity index (χ1v) is 8.60. The number of halogens is 1. The fraction of sp³-hybridized carbons (Fsp3) is 0.0435. The minimum Gasteiger partial charge on any atom is -0.232 e. The average Bonchev–Trinajstić information content (AvgIpc) is 3.12. The van der Waals surface area contributed by atoms with Gasteiger partial charge in [0, 0.05) is 11.1 Å². The molecule has 4 rings (SSSR count). The zero-order valence-corrected chi connectivity index (χ0v) is 14.5. The summed E-state index contributed by atoms with van der Waals surface area (Å²) >= 11 is 0. The van der Waals surface area contributed by atoms with Gasteiger partial charge in [0.05, 0.1) is 6.54 Å². The minimum absolute atomic E-state index is 0.258. The molecule has 0 amide bonds. The van der Waals surface area contributed by atoms with E-state index in [1.807, 2.05) is 60.7 Å². The Labute approximate surface area is 157 Å². The Morgan fingerprint density at radius 2 is 1.44 bits per heavy atom. The van der Waals surface area contributed by atoms with Crippen LogP contribution in [0.2, 0.25) is 0 Å². The molecule has 0 atom stereocenters. The van der Waals surface area contributed by atoms with Gasteiger partial charge in [0.25, 0.3) is 0 Å². The highest BCUT2D eigenvalue weighted by atomic mass is 19.1. The van der Waals surface area contributed by atoms with Crippen molar-refractivity contribution in [1.29, 1.82) is 0 Å². The van der Waals surface area contributed by atoms with E-state index in [1.54, 1.807) is 16.8 Å². The lowest BCUT2D eigenvalue weighted by atomic mass is 10.1. The number of nitrogens with zero attached hydrogens (tertiary/aromatic N) is 3. The highest BCUT2D eigenvalue weighted by Gasteiger charge is 2.13. The predicted molar refractivity (Wildman–Crippen MR) is 103 cm³/mol. The Kier molecular flexibility index (Phi) is 4.76. The Morgan fingerprint density at radius 1 is 0.778 bits per heavy atom. The third-order valence-electron chi connectivity index (χ3n) is 4.13. The molecule has 27 heavy (non-hydrogen) atoms. The van der Waals surface area contributed by atoms with Gasteiger partial charge >= 0.3 is 0 Å². The van der Waals surface area contributed by atoms with Crippen LogP contribution in [0, 0.1) is 17.7 Å². The van der Waals surface area contributed by atoms with Crippen LogP contribution in [0.5, 0.6) is 0 Å². The molecule has 4 heteroatoms. The summed E-state index contributed by atoms with van der Waals surface area (Å²) in [6.07, 6.45) is 0. The Balaban J connectivity index is 1.76. The highest BCUT2D eigenvalue weighted by Crippen LogP contribution is 2.21. The van der Waals surface area contributed by atoms with E-state index in [0.29, 0.717) is 6.54 Å². The zero-order valence-electron chi connectivity index (χ0n) is 14.5. The van der Waals surface area contributed by atoms with Crippen LogP contribution in [-0.4, -0.2) is 15.0 Å². The van der Waals surface area contributed by atoms with Gasteiger partial charge in [-0.25, -0.2) is 9.07 Å². The Morgan fingerprint density at radius 3 is 2.15 bits per heavy atom. The van der Waals surface area contributed by atoms with Crippen molar-refractivity contribution in [3.8, 4) is 23.1 Å². The van der Waals surface area contributed by atoms with Crippen LogP contribution in [0.15, 0.2) is 84.9 Å². The molecule has 0 saturated carbocycles. The summed E-state index contributed by atoms with van der Waals surface area (Å²) in [7, 11) is 0. The van der Waals surface area contributed by atoms with Crippen LogP contribution in [0.3, 0.4) is 0 Å². The van der Waals surface area contributed by atoms with Crippen molar-refractivity contribution in [3.05, 3.63) is 108 Å². The molecule has 130 valence electrons. The molecule has 0 bridgehead atoms. The topological polar surface area (TPSA) is 30.7 Å². The van der Waals surface area contributed by atoms with Crippen molar-refractivity contribution < 1.29 is 4.39 Å². The summed E-state index contributed by atoms with van der Waals surface area (Å²) in [6, 6.07) is 26.0. The molecule has 1 heterocycles. The van der Waals surface area contributed by atoms with Crippen LogP contribution in [-0.2, 0) is 6.54 Å². The van der Waals surface area contributed by atoms with E-state index < -0.39 is 0 Å². The molecule has 0 aliphatic carbocycles. The molecule has 0 saturated heterocycles. The van der Waals surface area contributed by atoms with E-state index in [9.17, 15) is 4.39 Å². The van der Waals surface area contributed by atoms with Gasteiger partial charge < -0.3 is 0 Å². The third-order valence-corrected chi connectivity index (χ3v) is 4.13. The number of hydrogen-bond donors (Lipinski definition) is 0. The molecule has 0 aliphatic heterocycles. The molecule has 0 unspecified atom stereocenters. The number of benzene rings is 3. The van der Waals surface area contributed by atoms with E-state index >= 15 is 0 Å². The van der Waals surface area contributed by atoms with Crippen LogP contribution >= 0.6 is 0 Å². The second-order valence-electron chi connectivity index (χ2n) is 6.05. The molecule has 1 aromatic heterocycles. The highest BCUT2D eigenvalue weighted by molar-refractivity contribution is 5.65. The molecular weight excluding hydrogens is 337 g/mol. The maximum Gasteiger partial charge on any atom is 0.140 e. The van der Waals surface area contributed by atoms with E-state index in [0.717, 1.165) is 28.1 Å². The van der Waals surface area contributed by atoms with E-state index in [1.165, 1.54) is 12.1 Å².